The van der Waals surface area contributed by atoms with Crippen LogP contribution in [0.4, 0.5) is 0 Å². The molecule has 1 N–H and O–H groups in total. The van der Waals surface area contributed by atoms with Crippen molar-refractivity contribution < 1.29 is 19.4 Å². The highest BCUT2D eigenvalue weighted by molar-refractivity contribution is 5.99. The zero-order chi connectivity index (χ0) is 24.4. The Kier molecular flexibility index (Phi) is 6.97. The highest BCUT2D eigenvalue weighted by Crippen LogP contribution is 2.45. The number of hydrogen-bond donors (Lipinski definition) is 1. The molecule has 0 aliphatic heterocycles. The molecule has 3 aromatic rings. The maximum atomic E-state index is 12.3. The Hall–Kier alpha value is -3.14. The van der Waals surface area contributed by atoms with E-state index in [1.807, 2.05) is 70.2 Å². The molecule has 0 fully saturated rings. The molecule has 0 heterocycles. The van der Waals surface area contributed by atoms with Gasteiger partial charge in [0.05, 0.1) is 5.56 Å². The summed E-state index contributed by atoms with van der Waals surface area (Å²) in [6.07, 6.45) is 1.50. The van der Waals surface area contributed by atoms with Crippen LogP contribution < -0.4 is 4.74 Å². The van der Waals surface area contributed by atoms with Gasteiger partial charge in [-0.25, -0.2) is 4.79 Å². The van der Waals surface area contributed by atoms with Gasteiger partial charge in [0.25, 0.3) is 0 Å². The fourth-order valence-corrected chi connectivity index (χ4v) is 4.59. The molecule has 3 rings (SSSR count). The number of carbonyl (C=O) groups excluding carboxylic acids is 1. The van der Waals surface area contributed by atoms with Gasteiger partial charge >= 0.3 is 5.97 Å². The van der Waals surface area contributed by atoms with Gasteiger partial charge in [-0.2, -0.15) is 0 Å². The van der Waals surface area contributed by atoms with Crippen LogP contribution in [-0.2, 0) is 10.2 Å². The number of ketones is 1. The van der Waals surface area contributed by atoms with Gasteiger partial charge < -0.3 is 9.84 Å². The highest BCUT2D eigenvalue weighted by atomic mass is 16.5. The normalized spacial score (nSPS) is 12.1. The van der Waals surface area contributed by atoms with Crippen LogP contribution in [0.3, 0.4) is 0 Å². The largest absolute Gasteiger partial charge is 0.486 e. The number of carboxylic acids is 1. The Bertz CT molecular complexity index is 1180. The minimum atomic E-state index is -0.917. The first kappa shape index (κ1) is 24.5. The van der Waals surface area contributed by atoms with Crippen molar-refractivity contribution in [2.75, 3.05) is 6.61 Å². The Labute approximate surface area is 196 Å². The number of fused-ring (bicyclic) bond motifs is 1. The Balaban J connectivity index is 2.14. The third kappa shape index (κ3) is 4.66. The molecular weight excluding hydrogens is 412 g/mol. The van der Waals surface area contributed by atoms with Gasteiger partial charge in [0.1, 0.15) is 12.4 Å². The Morgan fingerprint density at radius 3 is 2.18 bits per heavy atom. The quantitative estimate of drug-likeness (QED) is 0.407. The summed E-state index contributed by atoms with van der Waals surface area (Å²) < 4.78 is 5.85. The van der Waals surface area contributed by atoms with E-state index >= 15 is 0 Å². The average Bonchev–Trinajstić information content (AvgIpc) is 2.78. The van der Waals surface area contributed by atoms with Crippen LogP contribution in [0.1, 0.15) is 74.5 Å². The highest BCUT2D eigenvalue weighted by Gasteiger charge is 2.36. The number of hydrogen-bond acceptors (Lipinski definition) is 3. The first-order chi connectivity index (χ1) is 15.5. The molecule has 0 aromatic heterocycles. The van der Waals surface area contributed by atoms with Crippen LogP contribution in [0, 0.1) is 12.3 Å². The molecule has 0 radical (unpaired) electrons. The van der Waals surface area contributed by atoms with Gasteiger partial charge in [0.2, 0.25) is 0 Å². The minimum Gasteiger partial charge on any atom is -0.486 e. The molecule has 3 aromatic carbocycles. The van der Waals surface area contributed by atoms with Crippen molar-refractivity contribution in [3.8, 4) is 5.75 Å². The lowest BCUT2D eigenvalue weighted by molar-refractivity contribution is -0.128. The number of Topliss-reactive ketones (excluding diaryl/α,β-unsaturated/α-hetero) is 1. The number of ether oxygens (including phenoxy) is 1. The van der Waals surface area contributed by atoms with Crippen LogP contribution in [0.25, 0.3) is 10.8 Å². The summed E-state index contributed by atoms with van der Waals surface area (Å²) in [5.41, 5.74) is 2.25. The van der Waals surface area contributed by atoms with Gasteiger partial charge in [-0.1, -0.05) is 77.1 Å². The van der Waals surface area contributed by atoms with Crippen molar-refractivity contribution in [2.24, 2.45) is 5.41 Å². The molecule has 0 amide bonds. The van der Waals surface area contributed by atoms with Crippen molar-refractivity contribution >= 4 is 22.5 Å². The summed E-state index contributed by atoms with van der Waals surface area (Å²) in [6, 6.07) is 17.6. The standard InChI is InChI=1S/C29H34O4/c1-7-29(8-2,26-22-12-10-9-11-20(22)13-15-23(26)27(31)32)21-14-16-24(19(3)17-21)33-18-25(30)28(4,5)6/h9-17H,7-8,18H2,1-6H3,(H,31,32). The second-order valence-electron chi connectivity index (χ2n) is 9.75. The van der Waals surface area contributed by atoms with E-state index in [1.165, 1.54) is 0 Å². The SMILES string of the molecule is CCC(CC)(c1ccc(OCC(=O)C(C)(C)C)c(C)c1)c1c(C(=O)O)ccc2ccccc12. The predicted molar refractivity (Wildman–Crippen MR) is 133 cm³/mol. The maximum absolute atomic E-state index is 12.3. The van der Waals surface area contributed by atoms with Gasteiger partial charge in [0, 0.05) is 10.8 Å². The van der Waals surface area contributed by atoms with Crippen LogP contribution in [0.2, 0.25) is 0 Å². The molecule has 0 saturated heterocycles. The molecule has 33 heavy (non-hydrogen) atoms. The van der Waals surface area contributed by atoms with E-state index in [1.54, 1.807) is 6.07 Å². The fraction of sp³-hybridized carbons (Fsp3) is 0.379. The van der Waals surface area contributed by atoms with Crippen LogP contribution in [-0.4, -0.2) is 23.5 Å². The maximum Gasteiger partial charge on any atom is 0.336 e. The summed E-state index contributed by atoms with van der Waals surface area (Å²) >= 11 is 0. The fourth-order valence-electron chi connectivity index (χ4n) is 4.59. The molecule has 0 unspecified atom stereocenters. The van der Waals surface area contributed by atoms with E-state index in [0.717, 1.165) is 40.3 Å². The van der Waals surface area contributed by atoms with Crippen LogP contribution in [0.5, 0.6) is 5.75 Å². The monoisotopic (exact) mass is 446 g/mol. The minimum absolute atomic E-state index is 0.0306. The summed E-state index contributed by atoms with van der Waals surface area (Å²) in [5.74, 6) is -0.197. The van der Waals surface area contributed by atoms with Gasteiger partial charge in [0.15, 0.2) is 5.78 Å². The second kappa shape index (κ2) is 9.38. The predicted octanol–water partition coefficient (Wildman–Crippen LogP) is 6.95. The van der Waals surface area contributed by atoms with E-state index in [2.05, 4.69) is 19.9 Å². The molecule has 0 atom stereocenters. The summed E-state index contributed by atoms with van der Waals surface area (Å²) in [7, 11) is 0. The molecule has 0 spiro atoms. The number of rotatable bonds is 8. The van der Waals surface area contributed by atoms with Crippen molar-refractivity contribution in [1.82, 2.24) is 0 Å². The van der Waals surface area contributed by atoms with Crippen molar-refractivity contribution in [2.45, 2.75) is 59.8 Å². The Morgan fingerprint density at radius 2 is 1.61 bits per heavy atom. The van der Waals surface area contributed by atoms with Gasteiger partial charge in [-0.3, -0.25) is 4.79 Å². The van der Waals surface area contributed by atoms with Crippen molar-refractivity contribution in [3.05, 3.63) is 76.9 Å². The number of carboxylic acid groups (broad SMARTS) is 1. The smallest absolute Gasteiger partial charge is 0.336 e. The third-order valence-electron chi connectivity index (χ3n) is 6.77. The van der Waals surface area contributed by atoms with Crippen molar-refractivity contribution in [1.29, 1.82) is 0 Å². The van der Waals surface area contributed by atoms with E-state index in [-0.39, 0.29) is 12.4 Å². The van der Waals surface area contributed by atoms with Gasteiger partial charge in [-0.15, -0.1) is 0 Å². The number of aryl methyl sites for hydroxylation is 1. The first-order valence-electron chi connectivity index (χ1n) is 11.6. The molecular formula is C29H34O4. The summed E-state index contributed by atoms with van der Waals surface area (Å²) in [5, 5.41) is 12.1. The summed E-state index contributed by atoms with van der Waals surface area (Å²) in [6.45, 7) is 11.9. The van der Waals surface area contributed by atoms with E-state index in [0.29, 0.717) is 11.3 Å². The molecule has 0 bridgehead atoms. The molecule has 4 heteroatoms. The summed E-state index contributed by atoms with van der Waals surface area (Å²) in [4.78, 5) is 24.6. The zero-order valence-corrected chi connectivity index (χ0v) is 20.5. The van der Waals surface area contributed by atoms with Crippen LogP contribution in [0.15, 0.2) is 54.6 Å². The first-order valence-corrected chi connectivity index (χ1v) is 11.6. The molecule has 0 aliphatic carbocycles. The van der Waals surface area contributed by atoms with Crippen molar-refractivity contribution in [3.63, 3.8) is 0 Å². The number of carbonyl (C=O) groups is 2. The lowest BCUT2D eigenvalue weighted by Gasteiger charge is -2.36. The molecule has 0 aliphatic rings. The van der Waals surface area contributed by atoms with Crippen LogP contribution >= 0.6 is 0 Å². The second-order valence-corrected chi connectivity index (χ2v) is 9.75. The molecule has 174 valence electrons. The molecule has 4 nitrogen and oxygen atoms in total. The van der Waals surface area contributed by atoms with E-state index in [4.69, 9.17) is 4.74 Å². The zero-order valence-electron chi connectivity index (χ0n) is 20.5. The number of aromatic carboxylic acids is 1. The third-order valence-corrected chi connectivity index (χ3v) is 6.77. The average molecular weight is 447 g/mol. The Morgan fingerprint density at radius 1 is 0.939 bits per heavy atom. The lowest BCUT2D eigenvalue weighted by atomic mass is 9.67. The number of benzene rings is 3. The van der Waals surface area contributed by atoms with E-state index in [9.17, 15) is 14.7 Å². The molecule has 0 saturated carbocycles. The van der Waals surface area contributed by atoms with E-state index < -0.39 is 16.8 Å². The topological polar surface area (TPSA) is 63.6 Å². The lowest BCUT2D eigenvalue weighted by Crippen LogP contribution is -2.29. The van der Waals surface area contributed by atoms with Gasteiger partial charge in [-0.05, 0) is 59.4 Å².